The van der Waals surface area contributed by atoms with E-state index in [2.05, 4.69) is 19.9 Å². The third-order valence-corrected chi connectivity index (χ3v) is 2.73. The molecule has 0 saturated heterocycles. The molecule has 0 unspecified atom stereocenters. The van der Waals surface area contributed by atoms with E-state index in [-0.39, 0.29) is 0 Å². The molecule has 5 heteroatoms. The van der Waals surface area contributed by atoms with Crippen LogP contribution < -0.4 is 4.74 Å². The smallest absolute Gasteiger partial charge is 0.213 e. The number of amidine groups is 1. The number of fused-ring (bicyclic) bond motifs is 3. The molecule has 0 amide bonds. The largest absolute Gasteiger partial charge is 0.481 e. The topological polar surface area (TPSA) is 50.1 Å². The Kier molecular flexibility index (Phi) is 2.09. The molecular formula is C11H12N4O. The van der Waals surface area contributed by atoms with Crippen LogP contribution in [-0.4, -0.2) is 42.3 Å². The van der Waals surface area contributed by atoms with Crippen LogP contribution in [0.4, 0.5) is 5.69 Å². The van der Waals surface area contributed by atoms with Gasteiger partial charge in [0, 0.05) is 24.7 Å². The van der Waals surface area contributed by atoms with E-state index in [1.165, 1.54) is 0 Å². The third kappa shape index (κ3) is 1.36. The van der Waals surface area contributed by atoms with Gasteiger partial charge < -0.3 is 9.64 Å². The average Bonchev–Trinajstić information content (AvgIpc) is 2.38. The molecule has 0 bridgehead atoms. The highest BCUT2D eigenvalue weighted by Gasteiger charge is 2.22. The molecule has 0 aromatic carbocycles. The minimum Gasteiger partial charge on any atom is -0.481 e. The number of pyridine rings is 1. The van der Waals surface area contributed by atoms with Crippen molar-refractivity contribution in [3.63, 3.8) is 0 Å². The van der Waals surface area contributed by atoms with Gasteiger partial charge in [-0.05, 0) is 6.42 Å². The maximum Gasteiger partial charge on any atom is 0.213 e. The molecule has 2 aliphatic rings. The van der Waals surface area contributed by atoms with Crippen LogP contribution in [-0.2, 0) is 0 Å². The molecule has 0 saturated carbocycles. The van der Waals surface area contributed by atoms with E-state index >= 15 is 0 Å². The summed E-state index contributed by atoms with van der Waals surface area (Å²) in [5.74, 6) is 1.58. The highest BCUT2D eigenvalue weighted by atomic mass is 16.5. The van der Waals surface area contributed by atoms with Gasteiger partial charge in [-0.3, -0.25) is 4.99 Å². The first kappa shape index (κ1) is 9.33. The van der Waals surface area contributed by atoms with E-state index in [1.54, 1.807) is 13.3 Å². The van der Waals surface area contributed by atoms with Gasteiger partial charge in [0.2, 0.25) is 5.88 Å². The quantitative estimate of drug-likeness (QED) is 0.709. The van der Waals surface area contributed by atoms with Gasteiger partial charge in [-0.15, -0.1) is 0 Å². The normalized spacial score (nSPS) is 17.6. The lowest BCUT2D eigenvalue weighted by atomic mass is 10.1. The lowest BCUT2D eigenvalue weighted by molar-refractivity contribution is 0.397. The molecule has 0 radical (unpaired) electrons. The fraction of sp³-hybridized carbons (Fsp3) is 0.364. The Morgan fingerprint density at radius 2 is 2.38 bits per heavy atom. The van der Waals surface area contributed by atoms with Crippen molar-refractivity contribution in [2.75, 3.05) is 20.2 Å². The zero-order chi connectivity index (χ0) is 11.0. The fourth-order valence-electron chi connectivity index (χ4n) is 1.93. The molecular weight excluding hydrogens is 204 g/mol. The van der Waals surface area contributed by atoms with Crippen LogP contribution >= 0.6 is 0 Å². The zero-order valence-electron chi connectivity index (χ0n) is 9.05. The van der Waals surface area contributed by atoms with Crippen molar-refractivity contribution >= 4 is 17.9 Å². The van der Waals surface area contributed by atoms with Crippen molar-refractivity contribution < 1.29 is 4.74 Å². The van der Waals surface area contributed by atoms with Crippen molar-refractivity contribution in [2.24, 2.45) is 9.98 Å². The summed E-state index contributed by atoms with van der Waals surface area (Å²) in [4.78, 5) is 15.1. The first-order valence-corrected chi connectivity index (χ1v) is 5.28. The second kappa shape index (κ2) is 3.59. The van der Waals surface area contributed by atoms with Gasteiger partial charge in [-0.1, -0.05) is 0 Å². The highest BCUT2D eigenvalue weighted by molar-refractivity contribution is 6.10. The summed E-state index contributed by atoms with van der Waals surface area (Å²) in [6.45, 7) is 1.86. The van der Waals surface area contributed by atoms with Crippen molar-refractivity contribution in [1.82, 2.24) is 9.88 Å². The molecule has 82 valence electrons. The minimum absolute atomic E-state index is 0.601. The number of hydrogen-bond donors (Lipinski definition) is 0. The summed E-state index contributed by atoms with van der Waals surface area (Å²) in [5.41, 5.74) is 1.87. The molecule has 5 nitrogen and oxygen atoms in total. The third-order valence-electron chi connectivity index (χ3n) is 2.73. The van der Waals surface area contributed by atoms with Crippen LogP contribution in [0.3, 0.4) is 0 Å². The molecule has 0 spiro atoms. The molecule has 1 aromatic heterocycles. The maximum absolute atomic E-state index is 5.12. The maximum atomic E-state index is 5.12. The van der Waals surface area contributed by atoms with Gasteiger partial charge in [-0.25, -0.2) is 9.98 Å². The van der Waals surface area contributed by atoms with Crippen LogP contribution in [0, 0.1) is 0 Å². The van der Waals surface area contributed by atoms with Crippen LogP contribution in [0.1, 0.15) is 12.0 Å². The lowest BCUT2D eigenvalue weighted by Gasteiger charge is -2.28. The number of rotatable bonds is 1. The van der Waals surface area contributed by atoms with Crippen LogP contribution in [0.25, 0.3) is 0 Å². The van der Waals surface area contributed by atoms with Crippen LogP contribution in [0.5, 0.6) is 5.88 Å². The Hall–Kier alpha value is -1.91. The molecule has 0 N–H and O–H groups in total. The van der Waals surface area contributed by atoms with Gasteiger partial charge in [0.05, 0.1) is 25.3 Å². The second-order valence-corrected chi connectivity index (χ2v) is 3.74. The molecule has 3 heterocycles. The Morgan fingerprint density at radius 1 is 1.44 bits per heavy atom. The van der Waals surface area contributed by atoms with E-state index in [9.17, 15) is 0 Å². The summed E-state index contributed by atoms with van der Waals surface area (Å²) < 4.78 is 5.12. The van der Waals surface area contributed by atoms with Gasteiger partial charge in [-0.2, -0.15) is 0 Å². The lowest BCUT2D eigenvalue weighted by Crippen LogP contribution is -2.37. The van der Waals surface area contributed by atoms with Gasteiger partial charge in [0.25, 0.3) is 0 Å². The van der Waals surface area contributed by atoms with E-state index in [1.807, 2.05) is 12.4 Å². The first-order valence-electron chi connectivity index (χ1n) is 5.28. The number of ether oxygens (including phenoxy) is 1. The van der Waals surface area contributed by atoms with E-state index < -0.39 is 0 Å². The summed E-state index contributed by atoms with van der Waals surface area (Å²) in [7, 11) is 1.61. The van der Waals surface area contributed by atoms with Gasteiger partial charge in [0.1, 0.15) is 5.84 Å². The predicted molar refractivity (Wildman–Crippen MR) is 61.7 cm³/mol. The number of aliphatic imine (C=N–C) groups is 2. The number of methoxy groups -OCH3 is 1. The monoisotopic (exact) mass is 216 g/mol. The Bertz CT molecular complexity index is 481. The summed E-state index contributed by atoms with van der Waals surface area (Å²) >= 11 is 0. The molecule has 1 aromatic rings. The molecule has 3 rings (SSSR count). The SMILES string of the molecule is COc1cc2c(cn1)N=CN1CCCN=C21. The summed E-state index contributed by atoms with van der Waals surface area (Å²) in [5, 5.41) is 0. The van der Waals surface area contributed by atoms with Gasteiger partial charge >= 0.3 is 0 Å². The van der Waals surface area contributed by atoms with E-state index in [0.717, 1.165) is 36.6 Å². The van der Waals surface area contributed by atoms with E-state index in [0.29, 0.717) is 5.88 Å². The Labute approximate surface area is 93.5 Å². The molecule has 0 aliphatic carbocycles. The minimum atomic E-state index is 0.601. The van der Waals surface area contributed by atoms with Gasteiger partial charge in [0.15, 0.2) is 0 Å². The molecule has 0 fully saturated rings. The van der Waals surface area contributed by atoms with Crippen molar-refractivity contribution in [2.45, 2.75) is 6.42 Å². The van der Waals surface area contributed by atoms with Crippen molar-refractivity contribution in [3.8, 4) is 5.88 Å². The Balaban J connectivity index is 2.13. The summed E-state index contributed by atoms with van der Waals surface area (Å²) in [6.07, 6.45) is 4.63. The standard InChI is InChI=1S/C11H12N4O/c1-16-10-5-8-9(6-13-10)14-7-15-4-2-3-12-11(8)15/h5-7H,2-4H2,1H3. The molecule has 16 heavy (non-hydrogen) atoms. The van der Waals surface area contributed by atoms with Crippen LogP contribution in [0.15, 0.2) is 22.2 Å². The van der Waals surface area contributed by atoms with Crippen molar-refractivity contribution in [1.29, 1.82) is 0 Å². The number of hydrogen-bond acceptors (Lipinski definition) is 5. The average molecular weight is 216 g/mol. The number of aromatic nitrogens is 1. The fourth-order valence-corrected chi connectivity index (χ4v) is 1.93. The first-order chi connectivity index (χ1) is 7.88. The molecule has 2 aliphatic heterocycles. The Morgan fingerprint density at radius 3 is 3.25 bits per heavy atom. The highest BCUT2D eigenvalue weighted by Crippen LogP contribution is 2.27. The molecule has 0 atom stereocenters. The number of nitrogens with zero attached hydrogens (tertiary/aromatic N) is 4. The van der Waals surface area contributed by atoms with E-state index in [4.69, 9.17) is 4.74 Å². The predicted octanol–water partition coefficient (Wildman–Crippen LogP) is 1.22. The summed E-state index contributed by atoms with van der Waals surface area (Å²) in [6, 6.07) is 1.89. The zero-order valence-corrected chi connectivity index (χ0v) is 9.05. The second-order valence-electron chi connectivity index (χ2n) is 3.74. The van der Waals surface area contributed by atoms with Crippen molar-refractivity contribution in [3.05, 3.63) is 17.8 Å². The van der Waals surface area contributed by atoms with Crippen LogP contribution in [0.2, 0.25) is 0 Å².